The van der Waals surface area contributed by atoms with Gasteiger partial charge in [0.05, 0.1) is 17.3 Å². The van der Waals surface area contributed by atoms with Crippen LogP contribution >= 0.6 is 0 Å². The van der Waals surface area contributed by atoms with Crippen LogP contribution in [0.2, 0.25) is 0 Å². The lowest BCUT2D eigenvalue weighted by Crippen LogP contribution is -2.47. The molecule has 2 heterocycles. The van der Waals surface area contributed by atoms with Crippen LogP contribution in [0.4, 0.5) is 15.8 Å². The molecule has 0 aliphatic carbocycles. The third-order valence-electron chi connectivity index (χ3n) is 5.92. The van der Waals surface area contributed by atoms with Crippen molar-refractivity contribution >= 4 is 39.2 Å². The number of para-hydroxylation sites is 2. The summed E-state index contributed by atoms with van der Waals surface area (Å²) >= 11 is 0. The van der Waals surface area contributed by atoms with Gasteiger partial charge in [-0.25, -0.2) is 12.8 Å². The fourth-order valence-electron chi connectivity index (χ4n) is 4.10. The number of benzene rings is 2. The van der Waals surface area contributed by atoms with Gasteiger partial charge in [-0.05, 0) is 44.0 Å². The monoisotopic (exact) mass is 489 g/mol. The van der Waals surface area contributed by atoms with E-state index in [9.17, 15) is 27.2 Å². The Morgan fingerprint density at radius 3 is 2.44 bits per heavy atom. The number of fused-ring (bicyclic) bond motifs is 1. The molecular formula is C23H24FN3O6S. The standard InChI is InChI=1S/C23H24FN3O6S/c1-15(22(29)27-14-21(28)25-18-7-3-4-8-19(18)27)33-23(30)16-10-12-26(13-11-16)34(31,32)20-9-5-2-6-17(20)24/h2-9,15-16H,10-14H2,1H3,(H,25,28)/t15-/m0/s1. The molecule has 0 unspecified atom stereocenters. The van der Waals surface area contributed by atoms with E-state index in [0.717, 1.165) is 10.4 Å². The Labute approximate surface area is 196 Å². The molecular weight excluding hydrogens is 465 g/mol. The van der Waals surface area contributed by atoms with E-state index in [1.54, 1.807) is 24.3 Å². The van der Waals surface area contributed by atoms with Gasteiger partial charge in [0.1, 0.15) is 17.3 Å². The fraction of sp³-hybridized carbons (Fsp3) is 0.348. The molecule has 0 spiro atoms. The largest absolute Gasteiger partial charge is 0.452 e. The number of carbonyl (C=O) groups is 3. The zero-order valence-corrected chi connectivity index (χ0v) is 19.3. The second kappa shape index (κ2) is 9.51. The van der Waals surface area contributed by atoms with Crippen LogP contribution in [-0.4, -0.2) is 56.2 Å². The third-order valence-corrected chi connectivity index (χ3v) is 7.85. The minimum Gasteiger partial charge on any atom is -0.452 e. The average Bonchev–Trinajstić information content (AvgIpc) is 2.83. The minimum atomic E-state index is -4.02. The van der Waals surface area contributed by atoms with Crippen molar-refractivity contribution in [1.82, 2.24) is 4.31 Å². The van der Waals surface area contributed by atoms with Crippen LogP contribution < -0.4 is 10.2 Å². The number of halogens is 1. The molecule has 0 bridgehead atoms. The first-order valence-corrected chi connectivity index (χ1v) is 12.3. The van der Waals surface area contributed by atoms with Crippen LogP contribution in [0.25, 0.3) is 0 Å². The quantitative estimate of drug-likeness (QED) is 0.644. The second-order valence-electron chi connectivity index (χ2n) is 8.18. The summed E-state index contributed by atoms with van der Waals surface area (Å²) in [7, 11) is -4.02. The van der Waals surface area contributed by atoms with E-state index in [4.69, 9.17) is 4.74 Å². The molecule has 1 N–H and O–H groups in total. The number of anilines is 2. The predicted octanol–water partition coefficient (Wildman–Crippen LogP) is 2.14. The summed E-state index contributed by atoms with van der Waals surface area (Å²) in [5, 5.41) is 2.69. The van der Waals surface area contributed by atoms with E-state index in [-0.39, 0.29) is 38.4 Å². The van der Waals surface area contributed by atoms with Crippen LogP contribution in [-0.2, 0) is 29.1 Å². The molecule has 4 rings (SSSR count). The number of rotatable bonds is 5. The molecule has 11 heteroatoms. The zero-order valence-electron chi connectivity index (χ0n) is 18.4. The molecule has 2 aromatic carbocycles. The van der Waals surface area contributed by atoms with Crippen molar-refractivity contribution in [2.45, 2.75) is 30.8 Å². The number of nitrogens with one attached hydrogen (secondary N) is 1. The van der Waals surface area contributed by atoms with E-state index in [1.807, 2.05) is 0 Å². The van der Waals surface area contributed by atoms with Crippen molar-refractivity contribution in [2.24, 2.45) is 5.92 Å². The number of sulfonamides is 1. The van der Waals surface area contributed by atoms with Crippen LogP contribution in [0.15, 0.2) is 53.4 Å². The molecule has 34 heavy (non-hydrogen) atoms. The van der Waals surface area contributed by atoms with Crippen molar-refractivity contribution in [3.05, 3.63) is 54.3 Å². The summed E-state index contributed by atoms with van der Waals surface area (Å²) < 4.78 is 46.0. The molecule has 2 aromatic rings. The van der Waals surface area contributed by atoms with Gasteiger partial charge in [-0.2, -0.15) is 4.31 Å². The molecule has 0 saturated carbocycles. The summed E-state index contributed by atoms with van der Waals surface area (Å²) in [5.74, 6) is -2.92. The van der Waals surface area contributed by atoms with Gasteiger partial charge in [0.25, 0.3) is 5.91 Å². The summed E-state index contributed by atoms with van der Waals surface area (Å²) in [6.45, 7) is 1.30. The van der Waals surface area contributed by atoms with Crippen LogP contribution in [0.1, 0.15) is 19.8 Å². The molecule has 2 aliphatic heterocycles. The number of esters is 1. The van der Waals surface area contributed by atoms with Crippen molar-refractivity contribution in [3.63, 3.8) is 0 Å². The van der Waals surface area contributed by atoms with Gasteiger partial charge in [-0.3, -0.25) is 19.3 Å². The molecule has 2 amide bonds. The first-order chi connectivity index (χ1) is 16.2. The Morgan fingerprint density at radius 2 is 1.74 bits per heavy atom. The minimum absolute atomic E-state index is 0.0262. The van der Waals surface area contributed by atoms with Crippen LogP contribution in [0.3, 0.4) is 0 Å². The fourth-order valence-corrected chi connectivity index (χ4v) is 5.63. The molecule has 180 valence electrons. The number of ether oxygens (including phenoxy) is 1. The van der Waals surface area contributed by atoms with E-state index in [0.29, 0.717) is 11.4 Å². The highest BCUT2D eigenvalue weighted by atomic mass is 32.2. The highest BCUT2D eigenvalue weighted by Gasteiger charge is 2.36. The van der Waals surface area contributed by atoms with Crippen molar-refractivity contribution in [2.75, 3.05) is 29.9 Å². The molecule has 0 radical (unpaired) electrons. The Hall–Kier alpha value is -3.31. The third kappa shape index (κ3) is 4.66. The smallest absolute Gasteiger partial charge is 0.309 e. The summed E-state index contributed by atoms with van der Waals surface area (Å²) in [5.41, 5.74) is 1.01. The van der Waals surface area contributed by atoms with Gasteiger partial charge in [-0.15, -0.1) is 0 Å². The lowest BCUT2D eigenvalue weighted by atomic mass is 9.98. The highest BCUT2D eigenvalue weighted by molar-refractivity contribution is 7.89. The Kier molecular flexibility index (Phi) is 6.67. The number of nitrogens with zero attached hydrogens (tertiary/aromatic N) is 2. The Balaban J connectivity index is 1.37. The van der Waals surface area contributed by atoms with Crippen LogP contribution in [0.5, 0.6) is 0 Å². The lowest BCUT2D eigenvalue weighted by Gasteiger charge is -2.32. The van der Waals surface area contributed by atoms with E-state index < -0.39 is 44.6 Å². The maximum atomic E-state index is 14.0. The van der Waals surface area contributed by atoms with Crippen molar-refractivity contribution in [3.8, 4) is 0 Å². The maximum Gasteiger partial charge on any atom is 0.309 e. The second-order valence-corrected chi connectivity index (χ2v) is 10.1. The van der Waals surface area contributed by atoms with Crippen LogP contribution in [0, 0.1) is 11.7 Å². The van der Waals surface area contributed by atoms with Crippen molar-refractivity contribution in [1.29, 1.82) is 0 Å². The van der Waals surface area contributed by atoms with E-state index in [2.05, 4.69) is 5.32 Å². The molecule has 1 fully saturated rings. The van der Waals surface area contributed by atoms with E-state index in [1.165, 1.54) is 30.0 Å². The molecule has 9 nitrogen and oxygen atoms in total. The van der Waals surface area contributed by atoms with Gasteiger partial charge in [0, 0.05) is 13.1 Å². The summed E-state index contributed by atoms with van der Waals surface area (Å²) in [6, 6.07) is 12.0. The molecule has 0 aromatic heterocycles. The Morgan fingerprint density at radius 1 is 1.09 bits per heavy atom. The van der Waals surface area contributed by atoms with Crippen molar-refractivity contribution < 1.29 is 31.9 Å². The number of carbonyl (C=O) groups excluding carboxylic acids is 3. The molecule has 1 saturated heterocycles. The number of piperidine rings is 1. The number of hydrogen-bond donors (Lipinski definition) is 1. The topological polar surface area (TPSA) is 113 Å². The highest BCUT2D eigenvalue weighted by Crippen LogP contribution is 2.30. The predicted molar refractivity (Wildman–Crippen MR) is 121 cm³/mol. The Bertz CT molecular complexity index is 1230. The first-order valence-electron chi connectivity index (χ1n) is 10.8. The number of hydrogen-bond acceptors (Lipinski definition) is 6. The lowest BCUT2D eigenvalue weighted by molar-refractivity contribution is -0.159. The SMILES string of the molecule is C[C@H](OC(=O)C1CCN(S(=O)(=O)c2ccccc2F)CC1)C(=O)N1CC(=O)Nc2ccccc21. The van der Waals surface area contributed by atoms with Gasteiger partial charge in [0.2, 0.25) is 15.9 Å². The van der Waals surface area contributed by atoms with Gasteiger partial charge >= 0.3 is 5.97 Å². The average molecular weight is 490 g/mol. The first kappa shape index (κ1) is 23.8. The molecule has 1 atom stereocenters. The van der Waals surface area contributed by atoms with Gasteiger partial charge in [-0.1, -0.05) is 24.3 Å². The maximum absolute atomic E-state index is 14.0. The summed E-state index contributed by atoms with van der Waals surface area (Å²) in [6.07, 6.45) is -0.767. The van der Waals surface area contributed by atoms with Gasteiger partial charge < -0.3 is 10.1 Å². The zero-order chi connectivity index (χ0) is 24.5. The normalized spacial score (nSPS) is 18.1. The summed E-state index contributed by atoms with van der Waals surface area (Å²) in [4.78, 5) is 38.5. The van der Waals surface area contributed by atoms with E-state index >= 15 is 0 Å². The molecule has 2 aliphatic rings. The van der Waals surface area contributed by atoms with Gasteiger partial charge in [0.15, 0.2) is 6.10 Å². The number of amides is 2.